The van der Waals surface area contributed by atoms with Gasteiger partial charge < -0.3 is 15.2 Å². The quantitative estimate of drug-likeness (QED) is 0.771. The van der Waals surface area contributed by atoms with Gasteiger partial charge >= 0.3 is 5.97 Å². The number of carboxylic acid groups (broad SMARTS) is 1. The highest BCUT2D eigenvalue weighted by atomic mass is 32.2. The molecule has 1 aliphatic rings. The zero-order chi connectivity index (χ0) is 19.4. The molecule has 138 valence electrons. The highest BCUT2D eigenvalue weighted by molar-refractivity contribution is 8.18. The molecule has 3 rings (SSSR count). The van der Waals surface area contributed by atoms with Gasteiger partial charge in [-0.05, 0) is 61.0 Å². The molecule has 2 aromatic carbocycles. The minimum Gasteiger partial charge on any atom is -0.481 e. The number of nitrogens with one attached hydrogen (secondary N) is 1. The van der Waals surface area contributed by atoms with Crippen LogP contribution in [0.15, 0.2) is 52.4 Å². The molecule has 2 aromatic rings. The number of ether oxygens (including phenoxy) is 1. The Labute approximate surface area is 161 Å². The Hall–Kier alpha value is -3.06. The molecule has 7 heteroatoms. The summed E-state index contributed by atoms with van der Waals surface area (Å²) in [5.41, 5.74) is 3.71. The first-order valence-corrected chi connectivity index (χ1v) is 9.04. The first-order chi connectivity index (χ1) is 12.9. The number of amidine groups is 1. The molecule has 0 aliphatic carbocycles. The van der Waals surface area contributed by atoms with Gasteiger partial charge in [0.2, 0.25) is 0 Å². The Morgan fingerprint density at radius 3 is 2.74 bits per heavy atom. The monoisotopic (exact) mass is 382 g/mol. The number of hydrogen-bond acceptors (Lipinski definition) is 5. The van der Waals surface area contributed by atoms with Crippen LogP contribution in [-0.4, -0.2) is 28.8 Å². The van der Waals surface area contributed by atoms with Gasteiger partial charge in [-0.2, -0.15) is 0 Å². The van der Waals surface area contributed by atoms with Crippen molar-refractivity contribution in [3.63, 3.8) is 0 Å². The van der Waals surface area contributed by atoms with E-state index in [1.165, 1.54) is 17.3 Å². The van der Waals surface area contributed by atoms with Crippen molar-refractivity contribution < 1.29 is 19.4 Å². The Balaban J connectivity index is 1.82. The van der Waals surface area contributed by atoms with Gasteiger partial charge in [-0.15, -0.1) is 0 Å². The van der Waals surface area contributed by atoms with Crippen LogP contribution in [0.4, 0.5) is 5.69 Å². The molecule has 0 atom stereocenters. The van der Waals surface area contributed by atoms with Crippen LogP contribution in [0.1, 0.15) is 16.7 Å². The third kappa shape index (κ3) is 4.77. The van der Waals surface area contributed by atoms with Gasteiger partial charge in [0.1, 0.15) is 5.75 Å². The van der Waals surface area contributed by atoms with Gasteiger partial charge in [0.15, 0.2) is 11.8 Å². The Kier molecular flexibility index (Phi) is 5.61. The minimum atomic E-state index is -1.06. The second kappa shape index (κ2) is 8.09. The summed E-state index contributed by atoms with van der Waals surface area (Å²) in [5, 5.41) is 12.0. The summed E-state index contributed by atoms with van der Waals surface area (Å²) in [6.45, 7) is 3.60. The summed E-state index contributed by atoms with van der Waals surface area (Å²) in [5.74, 6) is -0.913. The van der Waals surface area contributed by atoms with E-state index in [0.29, 0.717) is 21.4 Å². The maximum Gasteiger partial charge on any atom is 0.341 e. The molecule has 1 aliphatic heterocycles. The number of rotatable bonds is 5. The van der Waals surface area contributed by atoms with Crippen LogP contribution in [0.5, 0.6) is 5.75 Å². The van der Waals surface area contributed by atoms with Crippen LogP contribution in [0.25, 0.3) is 6.08 Å². The summed E-state index contributed by atoms with van der Waals surface area (Å²) in [4.78, 5) is 27.9. The lowest BCUT2D eigenvalue weighted by Gasteiger charge is -2.06. The molecule has 1 amide bonds. The van der Waals surface area contributed by atoms with Gasteiger partial charge in [-0.25, -0.2) is 9.79 Å². The number of benzene rings is 2. The number of aliphatic imine (C=N–C) groups is 1. The molecule has 1 fully saturated rings. The number of amides is 1. The molecule has 0 spiro atoms. The molecular weight excluding hydrogens is 364 g/mol. The Morgan fingerprint density at radius 2 is 2.00 bits per heavy atom. The number of nitrogens with zero attached hydrogens (tertiary/aromatic N) is 1. The van der Waals surface area contributed by atoms with Crippen molar-refractivity contribution in [2.75, 3.05) is 6.61 Å². The maximum absolute atomic E-state index is 12.3. The lowest BCUT2D eigenvalue weighted by Crippen LogP contribution is -2.19. The Bertz CT molecular complexity index is 966. The number of carboxylic acids is 1. The van der Waals surface area contributed by atoms with Crippen molar-refractivity contribution in [3.8, 4) is 5.75 Å². The second-order valence-electron chi connectivity index (χ2n) is 5.97. The molecule has 1 saturated heterocycles. The molecule has 0 aromatic heterocycles. The molecule has 2 N–H and O–H groups in total. The van der Waals surface area contributed by atoms with Gasteiger partial charge in [-0.1, -0.05) is 24.3 Å². The second-order valence-corrected chi connectivity index (χ2v) is 7.00. The summed E-state index contributed by atoms with van der Waals surface area (Å²) in [7, 11) is 0. The van der Waals surface area contributed by atoms with E-state index >= 15 is 0 Å². The van der Waals surface area contributed by atoms with Crippen LogP contribution < -0.4 is 10.1 Å². The average Bonchev–Trinajstić information content (AvgIpc) is 2.96. The third-order valence-corrected chi connectivity index (χ3v) is 4.84. The van der Waals surface area contributed by atoms with Gasteiger partial charge in [-0.3, -0.25) is 4.79 Å². The normalized spacial score (nSPS) is 16.6. The molecule has 0 radical (unpaired) electrons. The van der Waals surface area contributed by atoms with Gasteiger partial charge in [0.25, 0.3) is 5.91 Å². The molecule has 6 nitrogen and oxygen atoms in total. The highest BCUT2D eigenvalue weighted by Crippen LogP contribution is 2.30. The number of carbonyl (C=O) groups is 2. The third-order valence-electron chi connectivity index (χ3n) is 3.93. The van der Waals surface area contributed by atoms with E-state index in [0.717, 1.165) is 11.3 Å². The van der Waals surface area contributed by atoms with Crippen LogP contribution in [0, 0.1) is 13.8 Å². The lowest BCUT2D eigenvalue weighted by molar-refractivity contribution is -0.139. The van der Waals surface area contributed by atoms with E-state index in [-0.39, 0.29) is 5.91 Å². The summed E-state index contributed by atoms with van der Waals surface area (Å²) >= 11 is 1.23. The molecule has 0 saturated carbocycles. The van der Waals surface area contributed by atoms with Crippen molar-refractivity contribution in [1.82, 2.24) is 5.32 Å². The SMILES string of the molecule is Cc1ccc(N=C2NC(=O)/C(=C\c3ccccc3OCC(=O)O)S2)cc1C. The first-order valence-electron chi connectivity index (χ1n) is 8.23. The van der Waals surface area contributed by atoms with Crippen LogP contribution in [0.3, 0.4) is 0 Å². The fourth-order valence-corrected chi connectivity index (χ4v) is 3.24. The van der Waals surface area contributed by atoms with Crippen molar-refractivity contribution >= 4 is 40.6 Å². The smallest absolute Gasteiger partial charge is 0.341 e. The molecule has 0 bridgehead atoms. The molecule has 0 unspecified atom stereocenters. The van der Waals surface area contributed by atoms with Gasteiger partial charge in [0, 0.05) is 5.56 Å². The first kappa shape index (κ1) is 18.7. The maximum atomic E-state index is 12.3. The summed E-state index contributed by atoms with van der Waals surface area (Å²) in [6.07, 6.45) is 1.67. The van der Waals surface area contributed by atoms with E-state index in [1.807, 2.05) is 32.0 Å². The zero-order valence-electron chi connectivity index (χ0n) is 14.9. The van der Waals surface area contributed by atoms with Crippen molar-refractivity contribution in [2.24, 2.45) is 4.99 Å². The number of para-hydroxylation sites is 1. The fraction of sp³-hybridized carbons (Fsp3) is 0.150. The van der Waals surface area contributed by atoms with Crippen LogP contribution in [-0.2, 0) is 9.59 Å². The largest absolute Gasteiger partial charge is 0.481 e. The zero-order valence-corrected chi connectivity index (χ0v) is 15.7. The molecular formula is C20H18N2O4S. The van der Waals surface area contributed by atoms with E-state index in [2.05, 4.69) is 10.3 Å². The number of aryl methyl sites for hydroxylation is 2. The number of hydrogen-bond donors (Lipinski definition) is 2. The standard InChI is InChI=1S/C20H18N2O4S/c1-12-7-8-15(9-13(12)2)21-20-22-19(25)17(27-20)10-14-5-3-4-6-16(14)26-11-18(23)24/h3-10H,11H2,1-2H3,(H,23,24)(H,21,22,25)/b17-10+. The average molecular weight is 382 g/mol. The van der Waals surface area contributed by atoms with Crippen molar-refractivity contribution in [3.05, 3.63) is 64.1 Å². The minimum absolute atomic E-state index is 0.254. The fourth-order valence-electron chi connectivity index (χ4n) is 2.40. The predicted molar refractivity (Wildman–Crippen MR) is 106 cm³/mol. The van der Waals surface area contributed by atoms with E-state index in [1.54, 1.807) is 30.3 Å². The molecule has 1 heterocycles. The number of thioether (sulfide) groups is 1. The predicted octanol–water partition coefficient (Wildman–Crippen LogP) is 3.66. The molecule has 27 heavy (non-hydrogen) atoms. The van der Waals surface area contributed by atoms with Gasteiger partial charge in [0.05, 0.1) is 10.6 Å². The van der Waals surface area contributed by atoms with E-state index in [4.69, 9.17) is 9.84 Å². The lowest BCUT2D eigenvalue weighted by atomic mass is 10.1. The van der Waals surface area contributed by atoms with Crippen LogP contribution in [0.2, 0.25) is 0 Å². The van der Waals surface area contributed by atoms with Crippen molar-refractivity contribution in [1.29, 1.82) is 0 Å². The van der Waals surface area contributed by atoms with E-state index in [9.17, 15) is 9.59 Å². The van der Waals surface area contributed by atoms with Crippen LogP contribution >= 0.6 is 11.8 Å². The van der Waals surface area contributed by atoms with Crippen molar-refractivity contribution in [2.45, 2.75) is 13.8 Å². The van der Waals surface area contributed by atoms with E-state index < -0.39 is 12.6 Å². The highest BCUT2D eigenvalue weighted by Gasteiger charge is 2.24. The number of aliphatic carboxylic acids is 1. The summed E-state index contributed by atoms with van der Waals surface area (Å²) in [6, 6.07) is 12.8. The topological polar surface area (TPSA) is 88.0 Å². The Morgan fingerprint density at radius 1 is 1.22 bits per heavy atom. The summed E-state index contributed by atoms with van der Waals surface area (Å²) < 4.78 is 5.28. The number of carbonyl (C=O) groups excluding carboxylic acids is 1.